The van der Waals surface area contributed by atoms with Crippen LogP contribution in [-0.2, 0) is 37.6 Å². The van der Waals surface area contributed by atoms with Crippen LogP contribution in [0.15, 0.2) is 48.5 Å². The first kappa shape index (κ1) is 30.6. The molecule has 238 valence electrons. The average molecular weight is 616 g/mol. The minimum Gasteiger partial charge on any atom is -0.444 e. The molecule has 4 aliphatic rings. The van der Waals surface area contributed by atoms with E-state index in [-0.39, 0.29) is 24.4 Å². The van der Waals surface area contributed by atoms with Gasteiger partial charge < -0.3 is 25.6 Å². The molecule has 2 aromatic carbocycles. The van der Waals surface area contributed by atoms with Crippen molar-refractivity contribution >= 4 is 35.5 Å². The normalized spacial score (nSPS) is 22.0. The number of nitrogens with one attached hydrogen (secondary N) is 3. The van der Waals surface area contributed by atoms with Crippen molar-refractivity contribution in [1.82, 2.24) is 20.4 Å². The Labute approximate surface area is 263 Å². The lowest BCUT2D eigenvalue weighted by Gasteiger charge is -2.31. The Hall–Kier alpha value is -4.41. The Morgan fingerprint density at radius 1 is 1.07 bits per heavy atom. The highest BCUT2D eigenvalue weighted by molar-refractivity contribution is 6.10. The minimum atomic E-state index is -1.25. The zero-order valence-corrected chi connectivity index (χ0v) is 26.3. The predicted octanol–water partition coefficient (Wildman–Crippen LogP) is 4.20. The van der Waals surface area contributed by atoms with E-state index in [9.17, 15) is 24.0 Å². The highest BCUT2D eigenvalue weighted by Crippen LogP contribution is 2.43. The van der Waals surface area contributed by atoms with Crippen molar-refractivity contribution in [2.75, 3.05) is 11.9 Å². The van der Waals surface area contributed by atoms with Crippen LogP contribution in [0.3, 0.4) is 0 Å². The van der Waals surface area contributed by atoms with Crippen molar-refractivity contribution in [1.29, 1.82) is 0 Å². The highest BCUT2D eigenvalue weighted by atomic mass is 16.6. The summed E-state index contributed by atoms with van der Waals surface area (Å²) in [5.41, 5.74) is 0.0601. The monoisotopic (exact) mass is 615 g/mol. The Morgan fingerprint density at radius 3 is 2.42 bits per heavy atom. The van der Waals surface area contributed by atoms with Gasteiger partial charge in [0.1, 0.15) is 23.2 Å². The number of imide groups is 1. The van der Waals surface area contributed by atoms with Gasteiger partial charge in [-0.2, -0.15) is 0 Å². The minimum absolute atomic E-state index is 0.00221. The van der Waals surface area contributed by atoms with Gasteiger partial charge in [0.05, 0.1) is 0 Å². The van der Waals surface area contributed by atoms with Gasteiger partial charge in [-0.3, -0.25) is 19.3 Å². The number of nitrogens with zero attached hydrogens (tertiary/aromatic N) is 2. The molecule has 6 amide bonds. The molecule has 3 aliphatic carbocycles. The van der Waals surface area contributed by atoms with Crippen LogP contribution < -0.4 is 16.0 Å². The Morgan fingerprint density at radius 2 is 1.78 bits per heavy atom. The third-order valence-corrected chi connectivity index (χ3v) is 9.30. The summed E-state index contributed by atoms with van der Waals surface area (Å²) in [5, 5.41) is 8.49. The molecule has 2 atom stereocenters. The molecule has 1 saturated heterocycles. The zero-order chi connectivity index (χ0) is 32.1. The molecule has 6 rings (SSSR count). The van der Waals surface area contributed by atoms with Crippen LogP contribution >= 0.6 is 0 Å². The molecule has 0 radical (unpaired) electrons. The number of carbonyl (C=O) groups excluding carboxylic acids is 5. The summed E-state index contributed by atoms with van der Waals surface area (Å²) in [4.78, 5) is 69.0. The predicted molar refractivity (Wildman–Crippen MR) is 166 cm³/mol. The van der Waals surface area contributed by atoms with Crippen molar-refractivity contribution in [2.45, 2.75) is 95.5 Å². The zero-order valence-electron chi connectivity index (χ0n) is 26.3. The summed E-state index contributed by atoms with van der Waals surface area (Å²) in [5.74, 6) is -0.611. The van der Waals surface area contributed by atoms with E-state index in [1.807, 2.05) is 37.3 Å². The van der Waals surface area contributed by atoms with Gasteiger partial charge in [-0.05, 0) is 101 Å². The molecule has 0 aromatic heterocycles. The number of fused-ring (bicyclic) bond motifs is 2. The van der Waals surface area contributed by atoms with Crippen molar-refractivity contribution in [3.8, 4) is 0 Å². The number of hydrogen-bond acceptors (Lipinski definition) is 6. The van der Waals surface area contributed by atoms with Crippen LogP contribution in [0.5, 0.6) is 0 Å². The number of benzene rings is 2. The maximum absolute atomic E-state index is 13.9. The molecular formula is C34H41N5O6. The van der Waals surface area contributed by atoms with Crippen molar-refractivity contribution in [3.63, 3.8) is 0 Å². The summed E-state index contributed by atoms with van der Waals surface area (Å²) in [7, 11) is 0. The summed E-state index contributed by atoms with van der Waals surface area (Å²) >= 11 is 0. The third kappa shape index (κ3) is 6.12. The van der Waals surface area contributed by atoms with Crippen LogP contribution in [0.4, 0.5) is 15.3 Å². The van der Waals surface area contributed by atoms with E-state index in [0.29, 0.717) is 49.4 Å². The van der Waals surface area contributed by atoms with E-state index in [4.69, 9.17) is 4.74 Å². The maximum Gasteiger partial charge on any atom is 0.408 e. The smallest absolute Gasteiger partial charge is 0.408 e. The van der Waals surface area contributed by atoms with Crippen LogP contribution in [0.25, 0.3) is 0 Å². The van der Waals surface area contributed by atoms with Gasteiger partial charge in [0, 0.05) is 18.3 Å². The third-order valence-electron chi connectivity index (χ3n) is 9.30. The highest BCUT2D eigenvalue weighted by Gasteiger charge is 2.56. The van der Waals surface area contributed by atoms with Crippen molar-refractivity contribution in [3.05, 3.63) is 65.2 Å². The van der Waals surface area contributed by atoms with Crippen LogP contribution in [0.1, 0.15) is 76.5 Å². The van der Waals surface area contributed by atoms with Gasteiger partial charge in [-0.1, -0.05) is 36.4 Å². The summed E-state index contributed by atoms with van der Waals surface area (Å²) in [6.07, 6.45) is 3.35. The van der Waals surface area contributed by atoms with Gasteiger partial charge in [0.15, 0.2) is 0 Å². The molecule has 2 saturated carbocycles. The molecule has 11 heteroatoms. The molecule has 1 unspecified atom stereocenters. The van der Waals surface area contributed by atoms with E-state index in [1.54, 1.807) is 43.9 Å². The summed E-state index contributed by atoms with van der Waals surface area (Å²) in [6.45, 7) is 7.40. The molecule has 1 spiro atoms. The lowest BCUT2D eigenvalue weighted by Crippen LogP contribution is -2.48. The van der Waals surface area contributed by atoms with E-state index in [0.717, 1.165) is 28.9 Å². The van der Waals surface area contributed by atoms with E-state index in [1.165, 1.54) is 0 Å². The second-order valence-corrected chi connectivity index (χ2v) is 13.8. The number of rotatable bonds is 9. The average Bonchev–Trinajstić information content (AvgIpc) is 3.91. The Balaban J connectivity index is 1.14. The lowest BCUT2D eigenvalue weighted by molar-refractivity contribution is -0.141. The molecule has 3 fully saturated rings. The quantitative estimate of drug-likeness (QED) is 0.362. The number of anilines is 1. The molecule has 45 heavy (non-hydrogen) atoms. The Bertz CT molecular complexity index is 1540. The topological polar surface area (TPSA) is 137 Å². The summed E-state index contributed by atoms with van der Waals surface area (Å²) in [6, 6.07) is 14.4. The molecule has 1 aliphatic heterocycles. The Kier molecular flexibility index (Phi) is 7.61. The van der Waals surface area contributed by atoms with Crippen molar-refractivity contribution in [2.24, 2.45) is 5.92 Å². The van der Waals surface area contributed by atoms with Gasteiger partial charge in [-0.15, -0.1) is 0 Å². The van der Waals surface area contributed by atoms with E-state index in [2.05, 4.69) is 16.0 Å². The number of amides is 6. The summed E-state index contributed by atoms with van der Waals surface area (Å²) < 4.78 is 5.32. The second-order valence-electron chi connectivity index (χ2n) is 13.8. The first-order valence-corrected chi connectivity index (χ1v) is 15.7. The number of ether oxygens (including phenoxy) is 1. The molecule has 0 bridgehead atoms. The fourth-order valence-corrected chi connectivity index (χ4v) is 6.46. The van der Waals surface area contributed by atoms with Gasteiger partial charge in [-0.25, -0.2) is 9.59 Å². The van der Waals surface area contributed by atoms with Gasteiger partial charge in [0.25, 0.3) is 5.91 Å². The maximum atomic E-state index is 13.9. The molecule has 2 aromatic rings. The van der Waals surface area contributed by atoms with Crippen molar-refractivity contribution < 1.29 is 28.7 Å². The van der Waals surface area contributed by atoms with E-state index >= 15 is 0 Å². The number of alkyl carbamates (subject to hydrolysis) is 1. The fraction of sp³-hybridized carbons (Fsp3) is 0.500. The fourth-order valence-electron chi connectivity index (χ4n) is 6.46. The lowest BCUT2D eigenvalue weighted by atomic mass is 9.91. The van der Waals surface area contributed by atoms with Crippen LogP contribution in [-0.4, -0.2) is 63.4 Å². The van der Waals surface area contributed by atoms with Crippen LogP contribution in [0, 0.1) is 5.92 Å². The first-order chi connectivity index (χ1) is 21.3. The number of aryl methyl sites for hydroxylation is 1. The number of urea groups is 1. The first-order valence-electron chi connectivity index (χ1n) is 15.7. The standard InChI is InChI=1S/C34H41N5O6/c1-21(23-10-11-23)38(19-22-8-6-5-7-9-22)27(40)20-39-29(42)34(36-30(39)43)15-14-24-18-25(12-13-26(24)34)35-28(41)33(16-17-33)37-31(44)45-32(2,3)4/h5-9,12-13,18,21,23H,10-11,14-17,19-20H2,1-4H3,(H,35,41)(H,36,43)(H,37,44)/t21-,34?/m0/s1. The van der Waals surface area contributed by atoms with Gasteiger partial charge >= 0.3 is 12.1 Å². The molecule has 3 N–H and O–H groups in total. The van der Waals surface area contributed by atoms with E-state index < -0.39 is 34.7 Å². The SMILES string of the molecule is C[C@@H](C1CC1)N(Cc1ccccc1)C(=O)CN1C(=O)NC2(CCc3cc(NC(=O)C4(NC(=O)OC(C)(C)C)CC4)ccc32)C1=O. The van der Waals surface area contributed by atoms with Gasteiger partial charge in [0.2, 0.25) is 11.8 Å². The molecule has 11 nitrogen and oxygen atoms in total. The molecular weight excluding hydrogens is 574 g/mol. The largest absolute Gasteiger partial charge is 0.444 e. The molecule has 1 heterocycles. The number of hydrogen-bond donors (Lipinski definition) is 3. The number of carbonyl (C=O) groups is 5. The second kappa shape index (κ2) is 11.2. The van der Waals surface area contributed by atoms with Crippen LogP contribution in [0.2, 0.25) is 0 Å².